The van der Waals surface area contributed by atoms with Gasteiger partial charge < -0.3 is 20.7 Å². The number of aliphatic imine (C=N–C) groups is 1. The first-order valence-corrected chi connectivity index (χ1v) is 8.91. The van der Waals surface area contributed by atoms with Crippen molar-refractivity contribution in [2.75, 3.05) is 19.6 Å². The molecular weight excluding hydrogens is 300 g/mol. The van der Waals surface area contributed by atoms with Gasteiger partial charge in [-0.3, -0.25) is 4.99 Å². The summed E-state index contributed by atoms with van der Waals surface area (Å²) in [7, 11) is 0. The van der Waals surface area contributed by atoms with E-state index in [2.05, 4.69) is 58.9 Å². The lowest BCUT2D eigenvalue weighted by molar-refractivity contribution is -0.0236. The maximum Gasteiger partial charge on any atom is 0.191 e. The monoisotopic (exact) mass is 328 g/mol. The number of aromatic nitrogens is 1. The maximum atomic E-state index is 10.2. The first-order valence-electron chi connectivity index (χ1n) is 8.91. The molecule has 0 unspecified atom stereocenters. The fourth-order valence-corrected chi connectivity index (χ4v) is 3.28. The van der Waals surface area contributed by atoms with E-state index < -0.39 is 5.60 Å². The van der Waals surface area contributed by atoms with Crippen LogP contribution in [0.2, 0.25) is 0 Å². The van der Waals surface area contributed by atoms with Crippen LogP contribution in [0.15, 0.2) is 29.4 Å². The number of aryl methyl sites for hydroxylation is 1. The fourth-order valence-electron chi connectivity index (χ4n) is 3.28. The Morgan fingerprint density at radius 2 is 2.17 bits per heavy atom. The molecular formula is C19H28N4O. The van der Waals surface area contributed by atoms with Crippen LogP contribution in [0.1, 0.15) is 37.3 Å². The molecule has 2 aromatic rings. The summed E-state index contributed by atoms with van der Waals surface area (Å²) in [4.78, 5) is 7.89. The number of rotatable bonds is 6. The zero-order valence-corrected chi connectivity index (χ0v) is 14.7. The van der Waals surface area contributed by atoms with Crippen molar-refractivity contribution in [2.24, 2.45) is 4.99 Å². The minimum atomic E-state index is -0.573. The van der Waals surface area contributed by atoms with Crippen LogP contribution in [0.4, 0.5) is 0 Å². The van der Waals surface area contributed by atoms with Crippen molar-refractivity contribution in [3.63, 3.8) is 0 Å². The number of benzene rings is 1. The van der Waals surface area contributed by atoms with E-state index in [4.69, 9.17) is 0 Å². The summed E-state index contributed by atoms with van der Waals surface area (Å²) in [5.41, 5.74) is 3.24. The molecule has 1 aliphatic rings. The van der Waals surface area contributed by atoms with E-state index in [1.165, 1.54) is 22.0 Å². The molecule has 5 heteroatoms. The first kappa shape index (κ1) is 16.8. The largest absolute Gasteiger partial charge is 0.388 e. The molecule has 0 aliphatic heterocycles. The molecule has 5 nitrogen and oxygen atoms in total. The Labute approximate surface area is 143 Å². The summed E-state index contributed by atoms with van der Waals surface area (Å²) >= 11 is 0. The predicted octanol–water partition coefficient (Wildman–Crippen LogP) is 2.49. The van der Waals surface area contributed by atoms with Gasteiger partial charge >= 0.3 is 0 Å². The number of H-pyrrole nitrogens is 1. The predicted molar refractivity (Wildman–Crippen MR) is 99.5 cm³/mol. The second-order valence-corrected chi connectivity index (χ2v) is 6.76. The van der Waals surface area contributed by atoms with E-state index >= 15 is 0 Å². The molecule has 0 spiro atoms. The highest BCUT2D eigenvalue weighted by Crippen LogP contribution is 2.31. The second-order valence-electron chi connectivity index (χ2n) is 6.76. The Bertz CT molecular complexity index is 715. The van der Waals surface area contributed by atoms with E-state index in [-0.39, 0.29) is 0 Å². The van der Waals surface area contributed by atoms with Crippen LogP contribution in [0, 0.1) is 6.92 Å². The number of aromatic amines is 1. The molecule has 4 N–H and O–H groups in total. The van der Waals surface area contributed by atoms with E-state index in [1.54, 1.807) is 0 Å². The first-order chi connectivity index (χ1) is 11.6. The molecule has 0 radical (unpaired) electrons. The lowest BCUT2D eigenvalue weighted by atomic mass is 9.80. The Morgan fingerprint density at radius 1 is 1.33 bits per heavy atom. The van der Waals surface area contributed by atoms with Crippen LogP contribution in [0.25, 0.3) is 10.9 Å². The second kappa shape index (κ2) is 7.26. The van der Waals surface area contributed by atoms with Crippen LogP contribution in [-0.4, -0.2) is 41.3 Å². The van der Waals surface area contributed by atoms with Crippen molar-refractivity contribution in [3.05, 3.63) is 35.5 Å². The summed E-state index contributed by atoms with van der Waals surface area (Å²) in [5, 5.41) is 18.1. The average molecular weight is 328 g/mol. The standard InChI is InChI=1S/C19H28N4O/c1-3-20-18(23-13-19(24)9-5-10-19)21-11-8-15-12-22-16-7-4-6-14(2)17(15)16/h4,6-7,12,22,24H,3,5,8-11,13H2,1-2H3,(H2,20,21,23). The molecule has 0 atom stereocenters. The molecule has 0 amide bonds. The van der Waals surface area contributed by atoms with Gasteiger partial charge in [-0.1, -0.05) is 12.1 Å². The number of hydrogen-bond acceptors (Lipinski definition) is 2. The Morgan fingerprint density at radius 3 is 2.88 bits per heavy atom. The summed E-state index contributed by atoms with van der Waals surface area (Å²) < 4.78 is 0. The third-order valence-corrected chi connectivity index (χ3v) is 4.84. The summed E-state index contributed by atoms with van der Waals surface area (Å²) in [5.74, 6) is 0.786. The molecule has 0 bridgehead atoms. The number of nitrogens with zero attached hydrogens (tertiary/aromatic N) is 1. The highest BCUT2D eigenvalue weighted by atomic mass is 16.3. The lowest BCUT2D eigenvalue weighted by Gasteiger charge is -2.35. The van der Waals surface area contributed by atoms with Crippen LogP contribution in [0.5, 0.6) is 0 Å². The molecule has 1 aromatic carbocycles. The molecule has 1 heterocycles. The van der Waals surface area contributed by atoms with E-state index in [0.717, 1.165) is 44.7 Å². The van der Waals surface area contributed by atoms with Crippen molar-refractivity contribution in [3.8, 4) is 0 Å². The number of fused-ring (bicyclic) bond motifs is 1. The Kier molecular flexibility index (Phi) is 5.09. The Hall–Kier alpha value is -2.01. The fraction of sp³-hybridized carbons (Fsp3) is 0.526. The molecule has 3 rings (SSSR count). The molecule has 130 valence electrons. The molecule has 1 aromatic heterocycles. The lowest BCUT2D eigenvalue weighted by Crippen LogP contribution is -2.43. The van der Waals surface area contributed by atoms with Gasteiger partial charge in [0.05, 0.1) is 12.1 Å². The minimum absolute atomic E-state index is 0.481. The number of hydrogen-bond donors (Lipinski definition) is 4. The van der Waals surface area contributed by atoms with Crippen molar-refractivity contribution in [2.45, 2.75) is 45.1 Å². The molecule has 1 aliphatic carbocycles. The molecule has 24 heavy (non-hydrogen) atoms. The number of nitrogens with one attached hydrogen (secondary N) is 3. The van der Waals surface area contributed by atoms with Crippen molar-refractivity contribution in [1.29, 1.82) is 0 Å². The van der Waals surface area contributed by atoms with E-state index in [9.17, 15) is 5.11 Å². The molecule has 0 saturated heterocycles. The van der Waals surface area contributed by atoms with Crippen molar-refractivity contribution in [1.82, 2.24) is 15.6 Å². The smallest absolute Gasteiger partial charge is 0.191 e. The topological polar surface area (TPSA) is 72.4 Å². The van der Waals surface area contributed by atoms with E-state index in [0.29, 0.717) is 6.54 Å². The average Bonchev–Trinajstić information content (AvgIpc) is 2.95. The van der Waals surface area contributed by atoms with Gasteiger partial charge in [0, 0.05) is 30.2 Å². The van der Waals surface area contributed by atoms with Crippen LogP contribution >= 0.6 is 0 Å². The normalized spacial score (nSPS) is 16.9. The van der Waals surface area contributed by atoms with Gasteiger partial charge in [-0.25, -0.2) is 0 Å². The van der Waals surface area contributed by atoms with Crippen molar-refractivity contribution < 1.29 is 5.11 Å². The third kappa shape index (κ3) is 3.73. The molecule has 1 saturated carbocycles. The third-order valence-electron chi connectivity index (χ3n) is 4.84. The minimum Gasteiger partial charge on any atom is -0.388 e. The van der Waals surface area contributed by atoms with E-state index in [1.807, 2.05) is 0 Å². The zero-order chi connectivity index (χ0) is 17.0. The number of aliphatic hydroxyl groups is 1. The summed E-state index contributed by atoms with van der Waals surface area (Å²) in [6, 6.07) is 6.35. The zero-order valence-electron chi connectivity index (χ0n) is 14.7. The Balaban J connectivity index is 1.59. The highest BCUT2D eigenvalue weighted by molar-refractivity contribution is 5.86. The quantitative estimate of drug-likeness (QED) is 0.486. The number of guanidine groups is 1. The van der Waals surface area contributed by atoms with Gasteiger partial charge in [0.25, 0.3) is 0 Å². The van der Waals surface area contributed by atoms with Gasteiger partial charge in [0.1, 0.15) is 0 Å². The summed E-state index contributed by atoms with van der Waals surface area (Å²) in [6.45, 7) is 6.31. The summed E-state index contributed by atoms with van der Waals surface area (Å²) in [6.07, 6.45) is 5.87. The SMILES string of the molecule is CCNC(=NCC1(O)CCC1)NCCc1c[nH]c2cccc(C)c12. The maximum absolute atomic E-state index is 10.2. The highest BCUT2D eigenvalue weighted by Gasteiger charge is 2.34. The van der Waals surface area contributed by atoms with Gasteiger partial charge in [-0.15, -0.1) is 0 Å². The van der Waals surface area contributed by atoms with Gasteiger partial charge in [0.2, 0.25) is 0 Å². The van der Waals surface area contributed by atoms with Crippen LogP contribution < -0.4 is 10.6 Å². The molecule has 1 fully saturated rings. The van der Waals surface area contributed by atoms with Crippen molar-refractivity contribution >= 4 is 16.9 Å². The van der Waals surface area contributed by atoms with Gasteiger partial charge in [0.15, 0.2) is 5.96 Å². The van der Waals surface area contributed by atoms with Gasteiger partial charge in [-0.05, 0) is 56.7 Å². The van der Waals surface area contributed by atoms with Gasteiger partial charge in [-0.2, -0.15) is 0 Å². The van der Waals surface area contributed by atoms with Crippen LogP contribution in [0.3, 0.4) is 0 Å². The van der Waals surface area contributed by atoms with Crippen LogP contribution in [-0.2, 0) is 6.42 Å².